The molecule has 152 valence electrons. The van der Waals surface area contributed by atoms with Gasteiger partial charge in [0.2, 0.25) is 5.82 Å². The van der Waals surface area contributed by atoms with Crippen molar-refractivity contribution in [2.45, 2.75) is 76.3 Å². The van der Waals surface area contributed by atoms with Gasteiger partial charge in [-0.3, -0.25) is 0 Å². The Morgan fingerprint density at radius 2 is 1.81 bits per heavy atom. The van der Waals surface area contributed by atoms with E-state index in [2.05, 4.69) is 0 Å². The fourth-order valence-corrected chi connectivity index (χ4v) is 5.02. The SMILES string of the molecule is CCCC1CC2CCC(c3ccc(OCC)c(F)c3F)CC(F)C2(F)C1F. The molecular weight excluding hydrogens is 363 g/mol. The van der Waals surface area contributed by atoms with Crippen LogP contribution in [0.3, 0.4) is 0 Å². The van der Waals surface area contributed by atoms with Crippen molar-refractivity contribution in [1.29, 1.82) is 0 Å². The van der Waals surface area contributed by atoms with Crippen molar-refractivity contribution in [1.82, 2.24) is 0 Å². The molecule has 0 radical (unpaired) electrons. The average molecular weight is 390 g/mol. The van der Waals surface area contributed by atoms with Gasteiger partial charge in [0.25, 0.3) is 0 Å². The number of alkyl halides is 3. The summed E-state index contributed by atoms with van der Waals surface area (Å²) in [6, 6.07) is 2.69. The van der Waals surface area contributed by atoms with Crippen LogP contribution >= 0.6 is 0 Å². The second-order valence-corrected chi connectivity index (χ2v) is 7.90. The summed E-state index contributed by atoms with van der Waals surface area (Å²) in [7, 11) is 0. The van der Waals surface area contributed by atoms with Crippen LogP contribution in [0.2, 0.25) is 0 Å². The van der Waals surface area contributed by atoms with Crippen LogP contribution in [0.5, 0.6) is 5.75 Å². The van der Waals surface area contributed by atoms with E-state index >= 15 is 4.39 Å². The summed E-state index contributed by atoms with van der Waals surface area (Å²) < 4.78 is 78.9. The molecule has 27 heavy (non-hydrogen) atoms. The van der Waals surface area contributed by atoms with E-state index in [1.165, 1.54) is 12.1 Å². The van der Waals surface area contributed by atoms with Gasteiger partial charge >= 0.3 is 0 Å². The molecular formula is C21H27F5O. The quantitative estimate of drug-likeness (QED) is 0.525. The molecule has 2 saturated carbocycles. The fraction of sp³-hybridized carbons (Fsp3) is 0.714. The molecule has 3 rings (SSSR count). The summed E-state index contributed by atoms with van der Waals surface area (Å²) in [6.45, 7) is 3.75. The molecule has 2 fully saturated rings. The summed E-state index contributed by atoms with van der Waals surface area (Å²) in [5, 5.41) is 0. The zero-order valence-corrected chi connectivity index (χ0v) is 15.8. The van der Waals surface area contributed by atoms with Crippen molar-refractivity contribution in [3.8, 4) is 5.75 Å². The Labute approximate surface area is 157 Å². The van der Waals surface area contributed by atoms with Gasteiger partial charge in [-0.25, -0.2) is 17.6 Å². The molecule has 0 N–H and O–H groups in total. The molecule has 1 aromatic carbocycles. The molecule has 2 aliphatic rings. The Balaban J connectivity index is 1.84. The van der Waals surface area contributed by atoms with Crippen molar-refractivity contribution < 1.29 is 26.7 Å². The van der Waals surface area contributed by atoms with E-state index in [1.54, 1.807) is 6.92 Å². The van der Waals surface area contributed by atoms with Gasteiger partial charge in [-0.1, -0.05) is 19.4 Å². The van der Waals surface area contributed by atoms with Gasteiger partial charge in [0.1, 0.15) is 12.3 Å². The summed E-state index contributed by atoms with van der Waals surface area (Å²) in [6.07, 6.45) is -2.03. The lowest BCUT2D eigenvalue weighted by Crippen LogP contribution is -2.46. The molecule has 0 saturated heterocycles. The zero-order valence-electron chi connectivity index (χ0n) is 15.8. The topological polar surface area (TPSA) is 9.23 Å². The highest BCUT2D eigenvalue weighted by molar-refractivity contribution is 5.33. The lowest BCUT2D eigenvalue weighted by Gasteiger charge is -2.31. The normalized spacial score (nSPS) is 36.3. The van der Waals surface area contributed by atoms with Crippen LogP contribution in [0.4, 0.5) is 22.0 Å². The highest BCUT2D eigenvalue weighted by Crippen LogP contribution is 2.55. The molecule has 6 unspecified atom stereocenters. The first-order valence-corrected chi connectivity index (χ1v) is 9.92. The summed E-state index contributed by atoms with van der Waals surface area (Å²) in [4.78, 5) is 0. The molecule has 2 aliphatic carbocycles. The van der Waals surface area contributed by atoms with Crippen LogP contribution < -0.4 is 4.74 Å². The lowest BCUT2D eigenvalue weighted by molar-refractivity contribution is -0.0416. The van der Waals surface area contributed by atoms with Crippen molar-refractivity contribution in [2.24, 2.45) is 11.8 Å². The first-order valence-electron chi connectivity index (χ1n) is 9.92. The number of hydrogen-bond donors (Lipinski definition) is 0. The predicted octanol–water partition coefficient (Wildman–Crippen LogP) is 6.45. The molecule has 0 amide bonds. The number of ether oxygens (including phenoxy) is 1. The Kier molecular flexibility index (Phi) is 6.02. The highest BCUT2D eigenvalue weighted by Gasteiger charge is 2.62. The Morgan fingerprint density at radius 3 is 2.48 bits per heavy atom. The van der Waals surface area contributed by atoms with Gasteiger partial charge in [-0.05, 0) is 68.4 Å². The smallest absolute Gasteiger partial charge is 0.200 e. The minimum absolute atomic E-state index is 0.0164. The van der Waals surface area contributed by atoms with E-state index < -0.39 is 47.4 Å². The van der Waals surface area contributed by atoms with Crippen molar-refractivity contribution in [2.75, 3.05) is 6.61 Å². The average Bonchev–Trinajstić information content (AvgIpc) is 2.81. The molecule has 0 aromatic heterocycles. The maximum absolute atomic E-state index is 15.5. The van der Waals surface area contributed by atoms with Crippen molar-refractivity contribution in [3.05, 3.63) is 29.3 Å². The van der Waals surface area contributed by atoms with Crippen LogP contribution in [-0.4, -0.2) is 24.6 Å². The van der Waals surface area contributed by atoms with Crippen molar-refractivity contribution in [3.63, 3.8) is 0 Å². The maximum atomic E-state index is 15.5. The van der Waals surface area contributed by atoms with Crippen LogP contribution in [0, 0.1) is 23.5 Å². The molecule has 0 bridgehead atoms. The molecule has 1 aromatic rings. The lowest BCUT2D eigenvalue weighted by atomic mass is 9.85. The summed E-state index contributed by atoms with van der Waals surface area (Å²) in [5.74, 6) is -4.25. The number of fused-ring (bicyclic) bond motifs is 1. The van der Waals surface area contributed by atoms with Crippen LogP contribution in [0.1, 0.15) is 63.9 Å². The Morgan fingerprint density at radius 1 is 1.07 bits per heavy atom. The maximum Gasteiger partial charge on any atom is 0.200 e. The first kappa shape index (κ1) is 20.4. The number of halogens is 5. The molecule has 0 aliphatic heterocycles. The molecule has 0 heterocycles. The first-order chi connectivity index (χ1) is 12.8. The van der Waals surface area contributed by atoms with E-state index in [4.69, 9.17) is 4.74 Å². The monoisotopic (exact) mass is 390 g/mol. The van der Waals surface area contributed by atoms with E-state index in [9.17, 15) is 17.6 Å². The molecule has 6 heteroatoms. The van der Waals surface area contributed by atoms with E-state index in [0.717, 1.165) is 6.42 Å². The van der Waals surface area contributed by atoms with Crippen LogP contribution in [-0.2, 0) is 0 Å². The minimum atomic E-state index is -2.52. The number of benzene rings is 1. The highest BCUT2D eigenvalue weighted by atomic mass is 19.2. The summed E-state index contributed by atoms with van der Waals surface area (Å²) >= 11 is 0. The van der Waals surface area contributed by atoms with E-state index in [0.29, 0.717) is 19.3 Å². The third-order valence-electron chi connectivity index (χ3n) is 6.36. The van der Waals surface area contributed by atoms with Gasteiger partial charge < -0.3 is 4.74 Å². The van der Waals surface area contributed by atoms with Crippen LogP contribution in [0.15, 0.2) is 12.1 Å². The third kappa shape index (κ3) is 3.44. The van der Waals surface area contributed by atoms with Gasteiger partial charge in [0, 0.05) is 0 Å². The number of hydrogen-bond acceptors (Lipinski definition) is 1. The molecule has 0 spiro atoms. The molecule has 6 atom stereocenters. The van der Waals surface area contributed by atoms with E-state index in [1.807, 2.05) is 6.92 Å². The largest absolute Gasteiger partial charge is 0.491 e. The van der Waals surface area contributed by atoms with Gasteiger partial charge in [-0.2, -0.15) is 4.39 Å². The Bertz CT molecular complexity index is 666. The fourth-order valence-electron chi connectivity index (χ4n) is 5.02. The second-order valence-electron chi connectivity index (χ2n) is 7.90. The van der Waals surface area contributed by atoms with E-state index in [-0.39, 0.29) is 30.8 Å². The minimum Gasteiger partial charge on any atom is -0.491 e. The Hall–Kier alpha value is -1.33. The zero-order chi connectivity index (χ0) is 19.8. The van der Waals surface area contributed by atoms with Gasteiger partial charge in [0.15, 0.2) is 17.2 Å². The predicted molar refractivity (Wildman–Crippen MR) is 94.3 cm³/mol. The molecule has 1 nitrogen and oxygen atoms in total. The van der Waals surface area contributed by atoms with Crippen LogP contribution in [0.25, 0.3) is 0 Å². The third-order valence-corrected chi connectivity index (χ3v) is 6.36. The second kappa shape index (κ2) is 7.96. The van der Waals surface area contributed by atoms with Crippen molar-refractivity contribution >= 4 is 0 Å². The number of rotatable bonds is 5. The standard InChI is InChI=1S/C21H27F5O/c1-3-5-13-10-14-7-6-12(11-17(22)21(14,26)20(13)25)15-8-9-16(27-4-2)19(24)18(15)23/h8-9,12-14,17,20H,3-7,10-11H2,1-2H3. The van der Waals surface area contributed by atoms with Gasteiger partial charge in [0.05, 0.1) is 6.61 Å². The summed E-state index contributed by atoms with van der Waals surface area (Å²) in [5.41, 5.74) is -2.50. The van der Waals surface area contributed by atoms with Gasteiger partial charge in [-0.15, -0.1) is 0 Å².